The van der Waals surface area contributed by atoms with Gasteiger partial charge in [-0.05, 0) is 50.8 Å². The van der Waals surface area contributed by atoms with Crippen LogP contribution in [0, 0.1) is 12.3 Å². The Labute approximate surface area is 158 Å². The van der Waals surface area contributed by atoms with Crippen LogP contribution in [0.4, 0.5) is 0 Å². The molecule has 0 aliphatic carbocycles. The maximum atomic E-state index is 13.0. The van der Waals surface area contributed by atoms with E-state index in [9.17, 15) is 9.59 Å². The lowest BCUT2D eigenvalue weighted by Gasteiger charge is -2.39. The van der Waals surface area contributed by atoms with Gasteiger partial charge in [-0.2, -0.15) is 0 Å². The fraction of sp³-hybridized carbons (Fsp3) is 0.550. The minimum absolute atomic E-state index is 0.0373. The molecule has 0 N–H and O–H groups in total. The molecule has 1 spiro atoms. The number of amides is 2. The monoisotopic (exact) mass is 371 g/mol. The second-order valence-electron chi connectivity index (χ2n) is 7.57. The van der Waals surface area contributed by atoms with Gasteiger partial charge in [-0.25, -0.2) is 4.98 Å². The number of benzene rings is 1. The zero-order valence-corrected chi connectivity index (χ0v) is 16.3. The summed E-state index contributed by atoms with van der Waals surface area (Å²) >= 11 is 1.61. The van der Waals surface area contributed by atoms with E-state index in [-0.39, 0.29) is 17.2 Å². The third-order valence-electron chi connectivity index (χ3n) is 5.70. The summed E-state index contributed by atoms with van der Waals surface area (Å²) in [6, 6.07) is 5.73. The van der Waals surface area contributed by atoms with E-state index < -0.39 is 0 Å². The summed E-state index contributed by atoms with van der Waals surface area (Å²) < 4.78 is 1.05. The highest BCUT2D eigenvalue weighted by Crippen LogP contribution is 2.40. The van der Waals surface area contributed by atoms with Crippen LogP contribution in [-0.4, -0.2) is 52.8 Å². The number of fused-ring (bicyclic) bond motifs is 1. The molecule has 2 fully saturated rings. The van der Waals surface area contributed by atoms with E-state index in [4.69, 9.17) is 0 Å². The number of likely N-dealkylation sites (tertiary alicyclic amines) is 2. The Morgan fingerprint density at radius 3 is 2.96 bits per heavy atom. The molecule has 1 aromatic heterocycles. The minimum atomic E-state index is -0.353. The zero-order valence-electron chi connectivity index (χ0n) is 15.5. The van der Waals surface area contributed by atoms with Crippen molar-refractivity contribution in [2.75, 3.05) is 26.2 Å². The molecule has 0 saturated carbocycles. The standard InChI is InChI=1S/C20H25N3O2S/c1-3-9-22-10-4-7-20(19(22)25)8-11-23(13-20)18(24)15-5-6-16-17(12-15)26-14(2)21-16/h5-6,12H,3-4,7-11,13H2,1-2H3/t20-/m1/s1. The van der Waals surface area contributed by atoms with E-state index in [1.807, 2.05) is 34.9 Å². The highest BCUT2D eigenvalue weighted by atomic mass is 32.1. The van der Waals surface area contributed by atoms with Crippen LogP contribution in [0.1, 0.15) is 48.0 Å². The number of aromatic nitrogens is 1. The Hall–Kier alpha value is -1.95. The predicted octanol–water partition coefficient (Wildman–Crippen LogP) is 3.47. The van der Waals surface area contributed by atoms with Crippen LogP contribution in [-0.2, 0) is 4.79 Å². The quantitative estimate of drug-likeness (QED) is 0.830. The van der Waals surface area contributed by atoms with Crippen molar-refractivity contribution < 1.29 is 9.59 Å². The molecule has 26 heavy (non-hydrogen) atoms. The lowest BCUT2D eigenvalue weighted by molar-refractivity contribution is -0.145. The summed E-state index contributed by atoms with van der Waals surface area (Å²) in [5.41, 5.74) is 1.29. The maximum Gasteiger partial charge on any atom is 0.253 e. The van der Waals surface area contributed by atoms with Gasteiger partial charge < -0.3 is 9.80 Å². The molecule has 3 heterocycles. The Kier molecular flexibility index (Phi) is 4.47. The molecule has 1 aromatic carbocycles. The van der Waals surface area contributed by atoms with Gasteiger partial charge in [0.15, 0.2) is 0 Å². The van der Waals surface area contributed by atoms with Crippen molar-refractivity contribution in [2.45, 2.75) is 39.5 Å². The molecular formula is C20H25N3O2S. The third kappa shape index (κ3) is 2.90. The molecule has 2 aromatic rings. The van der Waals surface area contributed by atoms with Crippen molar-refractivity contribution in [3.8, 4) is 0 Å². The molecule has 2 amide bonds. The van der Waals surface area contributed by atoms with Gasteiger partial charge in [0.1, 0.15) is 0 Å². The molecular weight excluding hydrogens is 346 g/mol. The molecule has 1 atom stereocenters. The number of rotatable bonds is 3. The topological polar surface area (TPSA) is 53.5 Å². The number of hydrogen-bond donors (Lipinski definition) is 0. The fourth-order valence-electron chi connectivity index (χ4n) is 4.42. The summed E-state index contributed by atoms with van der Waals surface area (Å²) in [7, 11) is 0. The number of aryl methyl sites for hydroxylation is 1. The third-order valence-corrected chi connectivity index (χ3v) is 6.63. The highest BCUT2D eigenvalue weighted by Gasteiger charge is 2.49. The van der Waals surface area contributed by atoms with Crippen molar-refractivity contribution in [2.24, 2.45) is 5.41 Å². The lowest BCUT2D eigenvalue weighted by Crippen LogP contribution is -2.50. The number of carbonyl (C=O) groups is 2. The Morgan fingerprint density at radius 2 is 2.15 bits per heavy atom. The Morgan fingerprint density at radius 1 is 1.31 bits per heavy atom. The van der Waals surface area contributed by atoms with Crippen molar-refractivity contribution >= 4 is 33.4 Å². The maximum absolute atomic E-state index is 13.0. The largest absolute Gasteiger partial charge is 0.342 e. The van der Waals surface area contributed by atoms with Gasteiger partial charge in [0.2, 0.25) is 5.91 Å². The predicted molar refractivity (Wildman–Crippen MR) is 103 cm³/mol. The first-order valence-corrected chi connectivity index (χ1v) is 10.3. The molecule has 2 saturated heterocycles. The molecule has 5 nitrogen and oxygen atoms in total. The van der Waals surface area contributed by atoms with E-state index in [1.165, 1.54) is 0 Å². The van der Waals surface area contributed by atoms with E-state index >= 15 is 0 Å². The van der Waals surface area contributed by atoms with Gasteiger partial charge in [0, 0.05) is 31.7 Å². The van der Waals surface area contributed by atoms with Crippen LogP contribution >= 0.6 is 11.3 Å². The molecule has 4 rings (SSSR count). The summed E-state index contributed by atoms with van der Waals surface area (Å²) in [5, 5.41) is 1.01. The first-order chi connectivity index (χ1) is 12.5. The second kappa shape index (κ2) is 6.65. The first kappa shape index (κ1) is 17.5. The van der Waals surface area contributed by atoms with Gasteiger partial charge in [-0.15, -0.1) is 11.3 Å². The second-order valence-corrected chi connectivity index (χ2v) is 8.80. The van der Waals surface area contributed by atoms with E-state index in [2.05, 4.69) is 11.9 Å². The highest BCUT2D eigenvalue weighted by molar-refractivity contribution is 7.18. The van der Waals surface area contributed by atoms with Crippen LogP contribution in [0.5, 0.6) is 0 Å². The number of piperidine rings is 1. The zero-order chi connectivity index (χ0) is 18.3. The molecule has 2 aliphatic rings. The number of nitrogens with zero attached hydrogens (tertiary/aromatic N) is 3. The average molecular weight is 372 g/mol. The summed E-state index contributed by atoms with van der Waals surface area (Å²) in [6.45, 7) is 7.01. The lowest BCUT2D eigenvalue weighted by atomic mass is 9.78. The van der Waals surface area contributed by atoms with Gasteiger partial charge in [-0.3, -0.25) is 9.59 Å². The van der Waals surface area contributed by atoms with Crippen molar-refractivity contribution in [1.29, 1.82) is 0 Å². The summed E-state index contributed by atoms with van der Waals surface area (Å²) in [4.78, 5) is 34.4. The van der Waals surface area contributed by atoms with Crippen molar-refractivity contribution in [3.63, 3.8) is 0 Å². The van der Waals surface area contributed by atoms with Crippen molar-refractivity contribution in [3.05, 3.63) is 28.8 Å². The fourth-order valence-corrected chi connectivity index (χ4v) is 5.28. The minimum Gasteiger partial charge on any atom is -0.342 e. The van der Waals surface area contributed by atoms with Crippen molar-refractivity contribution in [1.82, 2.24) is 14.8 Å². The van der Waals surface area contributed by atoms with Gasteiger partial charge in [-0.1, -0.05) is 6.92 Å². The number of hydrogen-bond acceptors (Lipinski definition) is 4. The van der Waals surface area contributed by atoms with Crippen LogP contribution in [0.3, 0.4) is 0 Å². The van der Waals surface area contributed by atoms with Crippen LogP contribution in [0.15, 0.2) is 18.2 Å². The summed E-state index contributed by atoms with van der Waals surface area (Å²) in [6.07, 6.45) is 3.72. The van der Waals surface area contributed by atoms with Gasteiger partial charge in [0.25, 0.3) is 5.91 Å². The average Bonchev–Trinajstić information content (AvgIpc) is 3.21. The van der Waals surface area contributed by atoms with Crippen LogP contribution in [0.25, 0.3) is 10.2 Å². The SMILES string of the molecule is CCCN1CCC[C@]2(CCN(C(=O)c3ccc4nc(C)sc4c3)C2)C1=O. The number of thiazole rings is 1. The van der Waals surface area contributed by atoms with Gasteiger partial charge >= 0.3 is 0 Å². The molecule has 0 unspecified atom stereocenters. The molecule has 0 radical (unpaired) electrons. The summed E-state index contributed by atoms with van der Waals surface area (Å²) in [5.74, 6) is 0.296. The van der Waals surface area contributed by atoms with E-state index in [1.54, 1.807) is 11.3 Å². The van der Waals surface area contributed by atoms with Gasteiger partial charge in [0.05, 0.1) is 20.6 Å². The molecule has 0 bridgehead atoms. The van der Waals surface area contributed by atoms with Crippen LogP contribution in [0.2, 0.25) is 0 Å². The van der Waals surface area contributed by atoms with Crippen LogP contribution < -0.4 is 0 Å². The Bertz CT molecular complexity index is 860. The molecule has 2 aliphatic heterocycles. The first-order valence-electron chi connectivity index (χ1n) is 9.48. The molecule has 6 heteroatoms. The van der Waals surface area contributed by atoms with E-state index in [0.717, 1.165) is 54.0 Å². The number of carbonyl (C=O) groups excluding carboxylic acids is 2. The normalized spacial score (nSPS) is 23.4. The smallest absolute Gasteiger partial charge is 0.253 e. The Balaban J connectivity index is 1.53. The van der Waals surface area contributed by atoms with E-state index in [0.29, 0.717) is 18.7 Å². The molecule has 138 valence electrons.